The van der Waals surface area contributed by atoms with E-state index in [4.69, 9.17) is 10.5 Å². The molecule has 1 aromatic carbocycles. The van der Waals surface area contributed by atoms with Crippen LogP contribution in [0.4, 0.5) is 0 Å². The second-order valence-electron chi connectivity index (χ2n) is 7.98. The number of primary amides is 1. The van der Waals surface area contributed by atoms with Crippen LogP contribution in [0.25, 0.3) is 0 Å². The number of carbonyl (C=O) groups excluding carboxylic acids is 3. The van der Waals surface area contributed by atoms with Crippen molar-refractivity contribution in [2.75, 3.05) is 6.61 Å². The highest BCUT2D eigenvalue weighted by Crippen LogP contribution is 2.24. The maximum Gasteiger partial charge on any atom is 0.283 e. The summed E-state index contributed by atoms with van der Waals surface area (Å²) in [6.45, 7) is 4.03. The maximum atomic E-state index is 13.2. The first-order valence-electron chi connectivity index (χ1n) is 11.6. The van der Waals surface area contributed by atoms with Gasteiger partial charge in [-0.25, -0.2) is 13.1 Å². The average molecular weight is 529 g/mol. The van der Waals surface area contributed by atoms with Crippen LogP contribution in [0, 0.1) is 0 Å². The molecule has 0 aliphatic heterocycles. The predicted molar refractivity (Wildman–Crippen MR) is 133 cm³/mol. The molecule has 3 aromatic rings. The highest BCUT2D eigenvalue weighted by atomic mass is 32.2. The van der Waals surface area contributed by atoms with Crippen LogP contribution >= 0.6 is 0 Å². The number of benzene rings is 1. The van der Waals surface area contributed by atoms with Crippen molar-refractivity contribution in [1.82, 2.24) is 25.2 Å². The molecule has 0 fully saturated rings. The minimum absolute atomic E-state index is 0.0669. The first-order chi connectivity index (χ1) is 17.7. The summed E-state index contributed by atoms with van der Waals surface area (Å²) in [7, 11) is -4.34. The summed E-state index contributed by atoms with van der Waals surface area (Å²) >= 11 is 0. The molecule has 0 unspecified atom stereocenters. The zero-order valence-corrected chi connectivity index (χ0v) is 21.2. The Morgan fingerprint density at radius 1 is 1.08 bits per heavy atom. The van der Waals surface area contributed by atoms with Crippen LogP contribution in [-0.4, -0.2) is 47.9 Å². The van der Waals surface area contributed by atoms with Crippen molar-refractivity contribution in [3.63, 3.8) is 0 Å². The van der Waals surface area contributed by atoms with E-state index in [1.54, 1.807) is 12.1 Å². The third-order valence-electron chi connectivity index (χ3n) is 5.20. The number of hydrogen-bond acceptors (Lipinski definition) is 8. The summed E-state index contributed by atoms with van der Waals surface area (Å²) in [6, 6.07) is 8.20. The minimum atomic E-state index is -4.34. The Bertz CT molecular complexity index is 1390. The zero-order valence-electron chi connectivity index (χ0n) is 20.4. The second kappa shape index (κ2) is 12.1. The fourth-order valence-corrected chi connectivity index (χ4v) is 4.41. The van der Waals surface area contributed by atoms with Gasteiger partial charge in [0, 0.05) is 18.3 Å². The van der Waals surface area contributed by atoms with E-state index in [1.165, 1.54) is 24.4 Å². The first-order valence-corrected chi connectivity index (χ1v) is 13.0. The third kappa shape index (κ3) is 6.70. The van der Waals surface area contributed by atoms with Gasteiger partial charge < -0.3 is 15.8 Å². The van der Waals surface area contributed by atoms with Crippen LogP contribution < -0.4 is 20.5 Å². The van der Waals surface area contributed by atoms with Crippen molar-refractivity contribution < 1.29 is 27.5 Å². The molecule has 12 nitrogen and oxygen atoms in total. The number of nitrogens with one attached hydrogen (secondary N) is 3. The van der Waals surface area contributed by atoms with Gasteiger partial charge in [-0.15, -0.1) is 0 Å². The molecule has 3 rings (SSSR count). The Morgan fingerprint density at radius 2 is 1.86 bits per heavy atom. The van der Waals surface area contributed by atoms with E-state index < -0.39 is 27.7 Å². The van der Waals surface area contributed by atoms with Crippen molar-refractivity contribution in [3.8, 4) is 5.75 Å². The Balaban J connectivity index is 1.89. The van der Waals surface area contributed by atoms with E-state index >= 15 is 0 Å². The molecule has 0 aliphatic carbocycles. The lowest BCUT2D eigenvalue weighted by atomic mass is 10.1. The van der Waals surface area contributed by atoms with Gasteiger partial charge in [0.25, 0.3) is 27.7 Å². The molecule has 0 saturated heterocycles. The normalized spacial score (nSPS) is 11.1. The Kier molecular flexibility index (Phi) is 8.95. The van der Waals surface area contributed by atoms with Gasteiger partial charge in [0.2, 0.25) is 0 Å². The summed E-state index contributed by atoms with van der Waals surface area (Å²) in [6.07, 6.45) is 3.32. The van der Waals surface area contributed by atoms with Crippen LogP contribution in [0.3, 0.4) is 0 Å². The van der Waals surface area contributed by atoms with Crippen molar-refractivity contribution >= 4 is 27.7 Å². The molecule has 13 heteroatoms. The summed E-state index contributed by atoms with van der Waals surface area (Å²) in [4.78, 5) is 40.8. The molecular weight excluding hydrogens is 500 g/mol. The van der Waals surface area contributed by atoms with E-state index in [1.807, 2.05) is 18.6 Å². The average Bonchev–Trinajstić information content (AvgIpc) is 3.29. The molecule has 3 amide bonds. The summed E-state index contributed by atoms with van der Waals surface area (Å²) in [5.41, 5.74) is 6.39. The molecule has 2 heterocycles. The second-order valence-corrected chi connectivity index (χ2v) is 9.66. The lowest BCUT2D eigenvalue weighted by Gasteiger charge is -2.14. The number of aromatic amines is 1. The zero-order chi connectivity index (χ0) is 27.0. The molecule has 0 atom stereocenters. The molecule has 2 aromatic heterocycles. The van der Waals surface area contributed by atoms with E-state index in [9.17, 15) is 22.8 Å². The number of amides is 3. The van der Waals surface area contributed by atoms with Gasteiger partial charge >= 0.3 is 0 Å². The Morgan fingerprint density at radius 3 is 2.51 bits per heavy atom. The van der Waals surface area contributed by atoms with E-state index in [0.717, 1.165) is 12.5 Å². The van der Waals surface area contributed by atoms with Crippen molar-refractivity contribution in [2.45, 2.75) is 44.6 Å². The number of pyridine rings is 1. The number of nitrogens with two attached hydrogens (primary N) is 1. The highest BCUT2D eigenvalue weighted by Gasteiger charge is 2.24. The number of H-pyrrole nitrogens is 1. The van der Waals surface area contributed by atoms with Crippen molar-refractivity contribution in [2.24, 2.45) is 5.73 Å². The van der Waals surface area contributed by atoms with Crippen molar-refractivity contribution in [1.29, 1.82) is 0 Å². The van der Waals surface area contributed by atoms with Crippen LogP contribution in [0.5, 0.6) is 5.75 Å². The molecule has 0 bridgehead atoms. The molecule has 37 heavy (non-hydrogen) atoms. The predicted octanol–water partition coefficient (Wildman–Crippen LogP) is 1.69. The fraction of sp³-hybridized carbons (Fsp3) is 0.292. The van der Waals surface area contributed by atoms with Gasteiger partial charge in [-0.3, -0.25) is 24.5 Å². The third-order valence-corrected chi connectivity index (χ3v) is 6.53. The highest BCUT2D eigenvalue weighted by molar-refractivity contribution is 7.90. The number of rotatable bonds is 12. The molecule has 0 radical (unpaired) electrons. The molecule has 0 saturated carbocycles. The van der Waals surface area contributed by atoms with Crippen LogP contribution in [0.2, 0.25) is 0 Å². The number of ether oxygens (including phenoxy) is 1. The van der Waals surface area contributed by atoms with Gasteiger partial charge in [0.1, 0.15) is 17.1 Å². The summed E-state index contributed by atoms with van der Waals surface area (Å²) < 4.78 is 33.4. The lowest BCUT2D eigenvalue weighted by Crippen LogP contribution is -2.31. The van der Waals surface area contributed by atoms with E-state index in [-0.39, 0.29) is 40.7 Å². The van der Waals surface area contributed by atoms with Gasteiger partial charge in [-0.05, 0) is 43.2 Å². The SMILES string of the molecule is CCCOc1ccc(S(=O)(=O)NC(=O)c2ccccn2)cc1C(=O)NCc1c(CCC)n[nH]c1C(N)=O. The number of carbonyl (C=O) groups is 3. The summed E-state index contributed by atoms with van der Waals surface area (Å²) in [5.74, 6) is -2.13. The Hall–Kier alpha value is -4.26. The first kappa shape index (κ1) is 27.3. The molecule has 0 spiro atoms. The monoisotopic (exact) mass is 528 g/mol. The molecule has 5 N–H and O–H groups in total. The van der Waals surface area contributed by atoms with Crippen LogP contribution in [0.1, 0.15) is 69.3 Å². The van der Waals surface area contributed by atoms with Crippen LogP contribution in [-0.2, 0) is 23.0 Å². The van der Waals surface area contributed by atoms with Gasteiger partial charge in [0.15, 0.2) is 0 Å². The number of aryl methyl sites for hydroxylation is 1. The fourth-order valence-electron chi connectivity index (χ4n) is 3.43. The van der Waals surface area contributed by atoms with Crippen LogP contribution in [0.15, 0.2) is 47.5 Å². The van der Waals surface area contributed by atoms with Gasteiger partial charge in [0.05, 0.1) is 22.8 Å². The number of hydrogen-bond donors (Lipinski definition) is 4. The molecule has 196 valence electrons. The number of aromatic nitrogens is 3. The topological polar surface area (TPSA) is 186 Å². The lowest BCUT2D eigenvalue weighted by molar-refractivity contribution is 0.0941. The molecular formula is C24H28N6O6S. The Labute approximate surface area is 214 Å². The number of nitrogens with zero attached hydrogens (tertiary/aromatic N) is 2. The minimum Gasteiger partial charge on any atom is -0.493 e. The number of sulfonamides is 1. The van der Waals surface area contributed by atoms with Crippen molar-refractivity contribution in [3.05, 3.63) is 70.8 Å². The largest absolute Gasteiger partial charge is 0.493 e. The standard InChI is InChI=1S/C24H28N6O6S/c1-3-7-18-17(21(22(25)31)29-28-18)14-27-23(32)16-13-15(9-10-20(16)36-12-4-2)37(34,35)30-24(33)19-8-5-6-11-26-19/h5-6,8-11,13H,3-4,7,12,14H2,1-2H3,(H2,25,31)(H,27,32)(H,28,29)(H,30,33). The van der Waals surface area contributed by atoms with Gasteiger partial charge in [-0.1, -0.05) is 26.3 Å². The smallest absolute Gasteiger partial charge is 0.283 e. The van der Waals surface area contributed by atoms with E-state index in [0.29, 0.717) is 24.1 Å². The van der Waals surface area contributed by atoms with Gasteiger partial charge in [-0.2, -0.15) is 5.10 Å². The maximum absolute atomic E-state index is 13.2. The quantitative estimate of drug-likeness (QED) is 0.273. The molecule has 0 aliphatic rings. The van der Waals surface area contributed by atoms with E-state index in [2.05, 4.69) is 20.5 Å². The summed E-state index contributed by atoms with van der Waals surface area (Å²) in [5, 5.41) is 9.38.